The van der Waals surface area contributed by atoms with Gasteiger partial charge in [0.1, 0.15) is 16.9 Å². The SMILES string of the molecule is Clc1ccc(OC2C[C@H]3CC[C@@H](C2)N3)nc1Oc1ccccc1. The van der Waals surface area contributed by atoms with Crippen LogP contribution in [0.1, 0.15) is 25.7 Å². The van der Waals surface area contributed by atoms with Crippen molar-refractivity contribution in [3.05, 3.63) is 47.5 Å². The fraction of sp³-hybridized carbons (Fsp3) is 0.389. The molecule has 0 spiro atoms. The smallest absolute Gasteiger partial charge is 0.241 e. The van der Waals surface area contributed by atoms with Crippen LogP contribution in [0.4, 0.5) is 0 Å². The summed E-state index contributed by atoms with van der Waals surface area (Å²) >= 11 is 6.19. The van der Waals surface area contributed by atoms with Gasteiger partial charge in [-0.2, -0.15) is 4.98 Å². The molecule has 2 fully saturated rings. The number of pyridine rings is 1. The van der Waals surface area contributed by atoms with Crippen LogP contribution in [0.25, 0.3) is 0 Å². The monoisotopic (exact) mass is 330 g/mol. The average molecular weight is 331 g/mol. The highest BCUT2D eigenvalue weighted by Gasteiger charge is 2.34. The van der Waals surface area contributed by atoms with Crippen LogP contribution in [0, 0.1) is 0 Å². The van der Waals surface area contributed by atoms with Crippen molar-refractivity contribution in [2.45, 2.75) is 43.9 Å². The van der Waals surface area contributed by atoms with Crippen LogP contribution in [-0.4, -0.2) is 23.2 Å². The molecular weight excluding hydrogens is 312 g/mol. The minimum absolute atomic E-state index is 0.215. The average Bonchev–Trinajstić information content (AvgIpc) is 2.90. The number of aromatic nitrogens is 1. The number of rotatable bonds is 4. The van der Waals surface area contributed by atoms with Gasteiger partial charge in [-0.25, -0.2) is 0 Å². The van der Waals surface area contributed by atoms with Crippen molar-refractivity contribution >= 4 is 11.6 Å². The van der Waals surface area contributed by atoms with Gasteiger partial charge >= 0.3 is 0 Å². The molecule has 0 aliphatic carbocycles. The molecule has 1 N–H and O–H groups in total. The molecule has 3 heterocycles. The number of para-hydroxylation sites is 1. The zero-order chi connectivity index (χ0) is 15.6. The van der Waals surface area contributed by atoms with Crippen LogP contribution in [0.15, 0.2) is 42.5 Å². The standard InChI is InChI=1S/C18H19ClN2O2/c19-16-8-9-17(21-18(16)23-14-4-2-1-3-5-14)22-15-10-12-6-7-13(11-15)20-12/h1-5,8-9,12-13,15,20H,6-7,10-11H2/t12-,13+,15?. The van der Waals surface area contributed by atoms with Crippen molar-refractivity contribution in [2.24, 2.45) is 0 Å². The molecule has 4 nitrogen and oxygen atoms in total. The number of benzene rings is 1. The minimum atomic E-state index is 0.215. The fourth-order valence-corrected chi connectivity index (χ4v) is 3.56. The first-order valence-corrected chi connectivity index (χ1v) is 8.46. The van der Waals surface area contributed by atoms with E-state index in [1.54, 1.807) is 6.07 Å². The van der Waals surface area contributed by atoms with E-state index in [0.717, 1.165) is 12.8 Å². The highest BCUT2D eigenvalue weighted by Crippen LogP contribution is 2.32. The van der Waals surface area contributed by atoms with Crippen LogP contribution in [0.5, 0.6) is 17.5 Å². The van der Waals surface area contributed by atoms with E-state index < -0.39 is 0 Å². The fourth-order valence-electron chi connectivity index (χ4n) is 3.42. The number of ether oxygens (including phenoxy) is 2. The van der Waals surface area contributed by atoms with Gasteiger partial charge in [-0.15, -0.1) is 0 Å². The normalized spacial score (nSPS) is 26.0. The highest BCUT2D eigenvalue weighted by atomic mass is 35.5. The number of piperidine rings is 1. The van der Waals surface area contributed by atoms with Crippen molar-refractivity contribution in [3.8, 4) is 17.5 Å². The Kier molecular flexibility index (Phi) is 4.10. The largest absolute Gasteiger partial charge is 0.474 e. The second-order valence-corrected chi connectivity index (χ2v) is 6.61. The van der Waals surface area contributed by atoms with E-state index >= 15 is 0 Å². The Balaban J connectivity index is 1.48. The summed E-state index contributed by atoms with van der Waals surface area (Å²) in [6.45, 7) is 0. The number of hydrogen-bond donors (Lipinski definition) is 1. The van der Waals surface area contributed by atoms with E-state index in [0.29, 0.717) is 34.6 Å². The van der Waals surface area contributed by atoms with Gasteiger partial charge < -0.3 is 14.8 Å². The van der Waals surface area contributed by atoms with Crippen LogP contribution in [0.3, 0.4) is 0 Å². The predicted molar refractivity (Wildman–Crippen MR) is 89.4 cm³/mol. The highest BCUT2D eigenvalue weighted by molar-refractivity contribution is 6.31. The molecule has 0 amide bonds. The van der Waals surface area contributed by atoms with Gasteiger partial charge in [0.05, 0.1) is 0 Å². The lowest BCUT2D eigenvalue weighted by molar-refractivity contribution is 0.131. The quantitative estimate of drug-likeness (QED) is 0.913. The van der Waals surface area contributed by atoms with E-state index in [1.165, 1.54) is 12.8 Å². The van der Waals surface area contributed by atoms with E-state index in [2.05, 4.69) is 10.3 Å². The number of nitrogens with one attached hydrogen (secondary N) is 1. The van der Waals surface area contributed by atoms with Crippen molar-refractivity contribution in [2.75, 3.05) is 0 Å². The van der Waals surface area contributed by atoms with E-state index in [9.17, 15) is 0 Å². The molecule has 4 rings (SSSR count). The molecular formula is C18H19ClN2O2. The first-order chi connectivity index (χ1) is 11.3. The van der Waals surface area contributed by atoms with Gasteiger partial charge in [-0.05, 0) is 43.9 Å². The maximum atomic E-state index is 6.19. The Hall–Kier alpha value is -1.78. The van der Waals surface area contributed by atoms with Gasteiger partial charge in [0.25, 0.3) is 0 Å². The topological polar surface area (TPSA) is 43.4 Å². The van der Waals surface area contributed by atoms with Gasteiger partial charge in [0.15, 0.2) is 0 Å². The molecule has 0 radical (unpaired) electrons. The summed E-state index contributed by atoms with van der Waals surface area (Å²) in [6.07, 6.45) is 4.79. The summed E-state index contributed by atoms with van der Waals surface area (Å²) < 4.78 is 11.8. The van der Waals surface area contributed by atoms with Crippen molar-refractivity contribution in [1.82, 2.24) is 10.3 Å². The predicted octanol–water partition coefficient (Wildman–Crippen LogP) is 4.19. The summed E-state index contributed by atoms with van der Waals surface area (Å²) in [6, 6.07) is 14.3. The molecule has 5 heteroatoms. The number of nitrogens with zero attached hydrogens (tertiary/aromatic N) is 1. The Bertz CT molecular complexity index is 668. The number of fused-ring (bicyclic) bond motifs is 2. The summed E-state index contributed by atoms with van der Waals surface area (Å²) in [5.74, 6) is 1.66. The maximum Gasteiger partial charge on any atom is 0.241 e. The van der Waals surface area contributed by atoms with Gasteiger partial charge in [-0.3, -0.25) is 0 Å². The zero-order valence-corrected chi connectivity index (χ0v) is 13.5. The molecule has 1 unspecified atom stereocenters. The van der Waals surface area contributed by atoms with E-state index in [1.807, 2.05) is 36.4 Å². The van der Waals surface area contributed by atoms with E-state index in [-0.39, 0.29) is 6.10 Å². The van der Waals surface area contributed by atoms with Crippen molar-refractivity contribution in [1.29, 1.82) is 0 Å². The lowest BCUT2D eigenvalue weighted by Crippen LogP contribution is -2.42. The molecule has 2 aliphatic rings. The third-order valence-corrected chi connectivity index (χ3v) is 4.75. The molecule has 2 aliphatic heterocycles. The third kappa shape index (κ3) is 3.43. The number of hydrogen-bond acceptors (Lipinski definition) is 4. The Morgan fingerprint density at radius 1 is 1.00 bits per heavy atom. The molecule has 1 aromatic heterocycles. The van der Waals surface area contributed by atoms with Crippen LogP contribution in [0.2, 0.25) is 5.02 Å². The first kappa shape index (κ1) is 14.8. The molecule has 3 atom stereocenters. The maximum absolute atomic E-state index is 6.19. The van der Waals surface area contributed by atoms with Gasteiger partial charge in [-0.1, -0.05) is 29.8 Å². The summed E-state index contributed by atoms with van der Waals surface area (Å²) in [5.41, 5.74) is 0. The van der Waals surface area contributed by atoms with Crippen LogP contribution >= 0.6 is 11.6 Å². The Morgan fingerprint density at radius 3 is 2.48 bits per heavy atom. The Labute approximate surface area is 140 Å². The first-order valence-electron chi connectivity index (χ1n) is 8.08. The Morgan fingerprint density at radius 2 is 1.74 bits per heavy atom. The molecule has 0 saturated carbocycles. The second kappa shape index (κ2) is 6.38. The zero-order valence-electron chi connectivity index (χ0n) is 12.7. The lowest BCUT2D eigenvalue weighted by atomic mass is 10.0. The lowest BCUT2D eigenvalue weighted by Gasteiger charge is -2.29. The molecule has 120 valence electrons. The van der Waals surface area contributed by atoms with Crippen LogP contribution in [-0.2, 0) is 0 Å². The van der Waals surface area contributed by atoms with Crippen LogP contribution < -0.4 is 14.8 Å². The third-order valence-electron chi connectivity index (χ3n) is 4.46. The van der Waals surface area contributed by atoms with E-state index in [4.69, 9.17) is 21.1 Å². The molecule has 1 aromatic carbocycles. The van der Waals surface area contributed by atoms with Crippen molar-refractivity contribution < 1.29 is 9.47 Å². The summed E-state index contributed by atoms with van der Waals surface area (Å²) in [7, 11) is 0. The molecule has 23 heavy (non-hydrogen) atoms. The number of halogens is 1. The molecule has 2 aromatic rings. The van der Waals surface area contributed by atoms with Crippen molar-refractivity contribution in [3.63, 3.8) is 0 Å². The summed E-state index contributed by atoms with van der Waals surface area (Å²) in [4.78, 5) is 4.44. The molecule has 2 bridgehead atoms. The summed E-state index contributed by atoms with van der Waals surface area (Å²) in [5, 5.41) is 4.09. The molecule has 2 saturated heterocycles. The van der Waals surface area contributed by atoms with Gasteiger partial charge in [0, 0.05) is 18.2 Å². The second-order valence-electron chi connectivity index (χ2n) is 6.20. The van der Waals surface area contributed by atoms with Gasteiger partial charge in [0.2, 0.25) is 11.8 Å². The minimum Gasteiger partial charge on any atom is -0.474 e.